The Balaban J connectivity index is 1.34. The van der Waals surface area contributed by atoms with Crippen LogP contribution in [0.5, 0.6) is 0 Å². The molecular weight excluding hydrogens is 318 g/mol. The second kappa shape index (κ2) is 7.23. The van der Waals surface area contributed by atoms with Crippen LogP contribution in [0, 0.1) is 0 Å². The van der Waals surface area contributed by atoms with Crippen molar-refractivity contribution in [2.75, 3.05) is 19.7 Å². The molecule has 7 nitrogen and oxygen atoms in total. The van der Waals surface area contributed by atoms with Gasteiger partial charge in [-0.2, -0.15) is 0 Å². The summed E-state index contributed by atoms with van der Waals surface area (Å²) < 4.78 is 5.81. The lowest BCUT2D eigenvalue weighted by atomic mass is 10.1. The number of aryl methyl sites for hydroxylation is 1. The van der Waals surface area contributed by atoms with E-state index in [0.717, 1.165) is 37.2 Å². The normalized spacial score (nSPS) is 20.5. The highest BCUT2D eigenvalue weighted by Gasteiger charge is 2.28. The zero-order valence-electron chi connectivity index (χ0n) is 14.0. The predicted octanol–water partition coefficient (Wildman–Crippen LogP) is 1.62. The van der Waals surface area contributed by atoms with Gasteiger partial charge in [0.15, 0.2) is 0 Å². The number of amides is 1. The van der Waals surface area contributed by atoms with Crippen molar-refractivity contribution in [1.82, 2.24) is 24.8 Å². The molecule has 1 unspecified atom stereocenters. The Hall–Kier alpha value is -2.41. The summed E-state index contributed by atoms with van der Waals surface area (Å²) in [5, 5.41) is 0. The Morgan fingerprint density at radius 2 is 2.08 bits per heavy atom. The van der Waals surface area contributed by atoms with Crippen molar-refractivity contribution < 1.29 is 9.53 Å². The first-order chi connectivity index (χ1) is 12.3. The van der Waals surface area contributed by atoms with Crippen LogP contribution in [-0.2, 0) is 11.2 Å². The number of hydrogen-bond donors (Lipinski definition) is 0. The fourth-order valence-corrected chi connectivity index (χ4v) is 3.04. The average Bonchev–Trinajstić information content (AvgIpc) is 3.52. The van der Waals surface area contributed by atoms with Crippen LogP contribution in [0.2, 0.25) is 0 Å². The maximum absolute atomic E-state index is 12.7. The summed E-state index contributed by atoms with van der Waals surface area (Å²) in [5.41, 5.74) is 1.55. The third-order valence-electron chi connectivity index (χ3n) is 4.65. The minimum Gasteiger partial charge on any atom is -0.375 e. The van der Waals surface area contributed by atoms with Crippen molar-refractivity contribution in [3.8, 4) is 0 Å². The van der Waals surface area contributed by atoms with Gasteiger partial charge < -0.3 is 9.64 Å². The van der Waals surface area contributed by atoms with E-state index in [4.69, 9.17) is 4.74 Å². The van der Waals surface area contributed by atoms with Gasteiger partial charge in [0.25, 0.3) is 5.91 Å². The van der Waals surface area contributed by atoms with Crippen LogP contribution < -0.4 is 0 Å². The van der Waals surface area contributed by atoms with Gasteiger partial charge in [-0.25, -0.2) is 19.9 Å². The van der Waals surface area contributed by atoms with Gasteiger partial charge in [0.2, 0.25) is 0 Å². The number of nitrogens with zero attached hydrogens (tertiary/aromatic N) is 5. The van der Waals surface area contributed by atoms with Crippen molar-refractivity contribution >= 4 is 5.91 Å². The van der Waals surface area contributed by atoms with Crippen LogP contribution in [-0.4, -0.2) is 56.5 Å². The van der Waals surface area contributed by atoms with Crippen LogP contribution in [0.15, 0.2) is 31.0 Å². The predicted molar refractivity (Wildman–Crippen MR) is 90.0 cm³/mol. The summed E-state index contributed by atoms with van der Waals surface area (Å²) in [6.07, 6.45) is 10.6. The molecule has 3 heterocycles. The summed E-state index contributed by atoms with van der Waals surface area (Å²) >= 11 is 0. The number of carbonyl (C=O) groups is 1. The van der Waals surface area contributed by atoms with Gasteiger partial charge in [0, 0.05) is 43.3 Å². The highest BCUT2D eigenvalue weighted by Crippen LogP contribution is 2.37. The number of rotatable bonds is 5. The Bertz CT molecular complexity index is 718. The summed E-state index contributed by atoms with van der Waals surface area (Å²) in [4.78, 5) is 31.4. The lowest BCUT2D eigenvalue weighted by Crippen LogP contribution is -2.45. The second-order valence-electron chi connectivity index (χ2n) is 6.59. The molecule has 2 aromatic heterocycles. The Morgan fingerprint density at radius 1 is 1.24 bits per heavy atom. The summed E-state index contributed by atoms with van der Waals surface area (Å²) in [6.45, 7) is 1.75. The molecule has 2 aromatic rings. The molecule has 2 fully saturated rings. The molecule has 7 heteroatoms. The first kappa shape index (κ1) is 16.1. The third kappa shape index (κ3) is 3.99. The lowest BCUT2D eigenvalue weighted by molar-refractivity contribution is -0.0247. The smallest absolute Gasteiger partial charge is 0.257 e. The minimum atomic E-state index is -0.0160. The van der Waals surface area contributed by atoms with Crippen molar-refractivity contribution in [3.63, 3.8) is 0 Å². The van der Waals surface area contributed by atoms with Crippen LogP contribution >= 0.6 is 0 Å². The van der Waals surface area contributed by atoms with Crippen molar-refractivity contribution in [2.24, 2.45) is 0 Å². The van der Waals surface area contributed by atoms with Crippen molar-refractivity contribution in [2.45, 2.75) is 37.7 Å². The van der Waals surface area contributed by atoms with Crippen LogP contribution in [0.25, 0.3) is 0 Å². The zero-order valence-corrected chi connectivity index (χ0v) is 14.0. The standard InChI is InChI=1S/C18H21N5O2/c24-18(14-9-20-17(21-10-14)13-1-2-13)23-7-8-25-16(11-23)4-3-15-5-6-19-12-22-15/h5-6,9-10,12-13,16H,1-4,7-8,11H2. The minimum absolute atomic E-state index is 0.0160. The largest absolute Gasteiger partial charge is 0.375 e. The van der Waals surface area contributed by atoms with E-state index >= 15 is 0 Å². The number of carbonyl (C=O) groups excluding carboxylic acids is 1. The molecule has 0 bridgehead atoms. The molecule has 0 radical (unpaired) electrons. The van der Waals surface area contributed by atoms with E-state index in [-0.39, 0.29) is 12.0 Å². The molecule has 1 saturated carbocycles. The first-order valence-electron chi connectivity index (χ1n) is 8.77. The fourth-order valence-electron chi connectivity index (χ4n) is 3.04. The molecule has 0 spiro atoms. The number of hydrogen-bond acceptors (Lipinski definition) is 6. The van der Waals surface area contributed by atoms with E-state index < -0.39 is 0 Å². The molecule has 4 rings (SSSR count). The van der Waals surface area contributed by atoms with Crippen molar-refractivity contribution in [3.05, 3.63) is 48.1 Å². The molecule has 1 aliphatic heterocycles. The Kier molecular flexibility index (Phi) is 4.65. The van der Waals surface area contributed by atoms with Crippen LogP contribution in [0.4, 0.5) is 0 Å². The van der Waals surface area contributed by atoms with Gasteiger partial charge in [0.05, 0.1) is 18.3 Å². The first-order valence-corrected chi connectivity index (χ1v) is 8.77. The third-order valence-corrected chi connectivity index (χ3v) is 4.65. The Morgan fingerprint density at radius 3 is 2.80 bits per heavy atom. The second-order valence-corrected chi connectivity index (χ2v) is 6.59. The van der Waals surface area contributed by atoms with E-state index in [1.54, 1.807) is 24.9 Å². The highest BCUT2D eigenvalue weighted by molar-refractivity contribution is 5.93. The number of ether oxygens (including phenoxy) is 1. The van der Waals surface area contributed by atoms with E-state index in [0.29, 0.717) is 31.2 Å². The summed E-state index contributed by atoms with van der Waals surface area (Å²) in [6, 6.07) is 1.91. The summed E-state index contributed by atoms with van der Waals surface area (Å²) in [5.74, 6) is 1.35. The fraction of sp³-hybridized carbons (Fsp3) is 0.500. The zero-order chi connectivity index (χ0) is 17.1. The van der Waals surface area contributed by atoms with E-state index in [2.05, 4.69) is 19.9 Å². The monoisotopic (exact) mass is 339 g/mol. The van der Waals surface area contributed by atoms with Gasteiger partial charge >= 0.3 is 0 Å². The van der Waals surface area contributed by atoms with Gasteiger partial charge in [0.1, 0.15) is 12.2 Å². The van der Waals surface area contributed by atoms with E-state index in [1.807, 2.05) is 11.0 Å². The molecule has 1 aliphatic carbocycles. The Labute approximate surface area is 146 Å². The molecule has 0 N–H and O–H groups in total. The SMILES string of the molecule is O=C(c1cnc(C2CC2)nc1)N1CCOC(CCc2ccncn2)C1. The number of morpholine rings is 1. The molecule has 1 amide bonds. The van der Waals surface area contributed by atoms with E-state index in [9.17, 15) is 4.79 Å². The van der Waals surface area contributed by atoms with E-state index in [1.165, 1.54) is 0 Å². The maximum Gasteiger partial charge on any atom is 0.257 e. The van der Waals surface area contributed by atoms with Gasteiger partial charge in [-0.1, -0.05) is 0 Å². The van der Waals surface area contributed by atoms with Gasteiger partial charge in [-0.15, -0.1) is 0 Å². The molecule has 25 heavy (non-hydrogen) atoms. The highest BCUT2D eigenvalue weighted by atomic mass is 16.5. The van der Waals surface area contributed by atoms with Gasteiger partial charge in [-0.05, 0) is 31.7 Å². The van der Waals surface area contributed by atoms with Gasteiger partial charge in [-0.3, -0.25) is 4.79 Å². The lowest BCUT2D eigenvalue weighted by Gasteiger charge is -2.33. The topological polar surface area (TPSA) is 81.1 Å². The number of aromatic nitrogens is 4. The molecular formula is C18H21N5O2. The molecule has 1 saturated heterocycles. The quantitative estimate of drug-likeness (QED) is 0.823. The summed E-state index contributed by atoms with van der Waals surface area (Å²) in [7, 11) is 0. The molecule has 2 aliphatic rings. The average molecular weight is 339 g/mol. The maximum atomic E-state index is 12.7. The van der Waals surface area contributed by atoms with Crippen molar-refractivity contribution in [1.29, 1.82) is 0 Å². The van der Waals surface area contributed by atoms with Crippen LogP contribution in [0.1, 0.15) is 47.1 Å². The van der Waals surface area contributed by atoms with Crippen LogP contribution in [0.3, 0.4) is 0 Å². The molecule has 1 atom stereocenters. The molecule has 130 valence electrons. The molecule has 0 aromatic carbocycles.